The summed E-state index contributed by atoms with van der Waals surface area (Å²) in [6, 6.07) is 3.77. The van der Waals surface area contributed by atoms with Crippen LogP contribution < -0.4 is 20.1 Å². The third-order valence-corrected chi connectivity index (χ3v) is 4.92. The van der Waals surface area contributed by atoms with E-state index < -0.39 is 6.09 Å². The first kappa shape index (κ1) is 22.3. The normalized spacial score (nSPS) is 14.2. The van der Waals surface area contributed by atoms with Crippen molar-refractivity contribution >= 4 is 23.4 Å². The number of hydrogen-bond acceptors (Lipinski definition) is 9. The molecule has 3 heterocycles. The van der Waals surface area contributed by atoms with Crippen molar-refractivity contribution in [2.75, 3.05) is 51.1 Å². The minimum absolute atomic E-state index is 0.145. The minimum Gasteiger partial charge on any atom is -0.489 e. The molecule has 0 radical (unpaired) electrons. The summed E-state index contributed by atoms with van der Waals surface area (Å²) in [6.07, 6.45) is 1.52. The van der Waals surface area contributed by atoms with E-state index in [1.165, 1.54) is 18.3 Å². The van der Waals surface area contributed by atoms with Crippen LogP contribution >= 0.6 is 0 Å². The summed E-state index contributed by atoms with van der Waals surface area (Å²) in [7, 11) is 3.18. The molecule has 2 aromatic heterocycles. The van der Waals surface area contributed by atoms with Crippen molar-refractivity contribution in [2.24, 2.45) is 0 Å². The van der Waals surface area contributed by atoms with E-state index in [1.807, 2.05) is 19.1 Å². The number of hydrogen-bond donors (Lipinski definition) is 3. The molecule has 0 spiro atoms. The van der Waals surface area contributed by atoms with Crippen molar-refractivity contribution in [1.29, 1.82) is 0 Å². The molecule has 168 valence electrons. The Kier molecular flexibility index (Phi) is 7.65. The second kappa shape index (κ2) is 10.6. The van der Waals surface area contributed by atoms with Crippen molar-refractivity contribution in [1.82, 2.24) is 19.9 Å². The molecule has 0 bridgehead atoms. The van der Waals surface area contributed by atoms with Gasteiger partial charge in [-0.25, -0.2) is 14.8 Å². The Morgan fingerprint density at radius 1 is 1.26 bits per heavy atom. The molecule has 1 fully saturated rings. The number of aryl methyl sites for hydroxylation is 1. The summed E-state index contributed by atoms with van der Waals surface area (Å²) in [5, 5.41) is 15.5. The maximum absolute atomic E-state index is 11.1. The smallest absolute Gasteiger partial charge is 0.407 e. The van der Waals surface area contributed by atoms with E-state index in [1.54, 1.807) is 7.11 Å². The summed E-state index contributed by atoms with van der Waals surface area (Å²) in [6.45, 7) is 4.01. The van der Waals surface area contributed by atoms with Gasteiger partial charge in [0.15, 0.2) is 5.82 Å². The van der Waals surface area contributed by atoms with E-state index in [0.29, 0.717) is 56.5 Å². The van der Waals surface area contributed by atoms with Gasteiger partial charge in [0.25, 0.3) is 5.88 Å². The van der Waals surface area contributed by atoms with E-state index in [0.717, 1.165) is 17.2 Å². The van der Waals surface area contributed by atoms with Crippen LogP contribution in [0.5, 0.6) is 11.6 Å². The highest BCUT2D eigenvalue weighted by atomic mass is 16.5. The molecule has 11 heteroatoms. The summed E-state index contributed by atoms with van der Waals surface area (Å²) >= 11 is 0. The van der Waals surface area contributed by atoms with E-state index in [4.69, 9.17) is 19.3 Å². The number of carbonyl (C=O) groups is 1. The lowest BCUT2D eigenvalue weighted by molar-refractivity contribution is 0.0852. The molecule has 1 aliphatic rings. The number of piperidine rings is 1. The molecule has 1 amide bonds. The maximum Gasteiger partial charge on any atom is 0.407 e. The highest BCUT2D eigenvalue weighted by Crippen LogP contribution is 2.35. The lowest BCUT2D eigenvalue weighted by Gasteiger charge is -2.30. The Hall–Kier alpha value is -3.34. The maximum atomic E-state index is 11.1. The van der Waals surface area contributed by atoms with Crippen molar-refractivity contribution in [2.45, 2.75) is 25.9 Å². The lowest BCUT2D eigenvalue weighted by Crippen LogP contribution is -2.41. The van der Waals surface area contributed by atoms with Crippen LogP contribution in [0.2, 0.25) is 0 Å². The predicted octanol–water partition coefficient (Wildman–Crippen LogP) is 2.51. The number of nitrogens with zero attached hydrogens (tertiary/aromatic N) is 4. The molecule has 11 nitrogen and oxygen atoms in total. The van der Waals surface area contributed by atoms with Crippen LogP contribution in [0, 0.1) is 6.92 Å². The fraction of sp³-hybridized carbons (Fsp3) is 0.500. The van der Waals surface area contributed by atoms with Gasteiger partial charge < -0.3 is 34.9 Å². The molecule has 1 aliphatic heterocycles. The number of aromatic nitrogens is 3. The molecule has 3 N–H and O–H groups in total. The van der Waals surface area contributed by atoms with E-state index in [9.17, 15) is 4.79 Å². The van der Waals surface area contributed by atoms with Crippen molar-refractivity contribution in [3.63, 3.8) is 0 Å². The molecular weight excluding hydrogens is 404 g/mol. The molecule has 0 aromatic carbocycles. The van der Waals surface area contributed by atoms with E-state index in [-0.39, 0.29) is 6.10 Å². The SMILES string of the molecule is COCCNc1ccc(Nc2ncnc(OC3CCN(C(=O)O)CC3)c2OC)c(C)n1. The van der Waals surface area contributed by atoms with Gasteiger partial charge in [-0.15, -0.1) is 0 Å². The summed E-state index contributed by atoms with van der Waals surface area (Å²) in [5.74, 6) is 1.91. The highest BCUT2D eigenvalue weighted by molar-refractivity contribution is 5.67. The van der Waals surface area contributed by atoms with Gasteiger partial charge in [0, 0.05) is 39.6 Å². The summed E-state index contributed by atoms with van der Waals surface area (Å²) in [5.41, 5.74) is 1.56. The summed E-state index contributed by atoms with van der Waals surface area (Å²) in [4.78, 5) is 25.5. The second-order valence-electron chi connectivity index (χ2n) is 7.02. The quantitative estimate of drug-likeness (QED) is 0.508. The van der Waals surface area contributed by atoms with E-state index in [2.05, 4.69) is 25.6 Å². The van der Waals surface area contributed by atoms with E-state index >= 15 is 0 Å². The number of nitrogens with one attached hydrogen (secondary N) is 2. The predicted molar refractivity (Wildman–Crippen MR) is 114 cm³/mol. The number of likely N-dealkylation sites (tertiary alicyclic amines) is 1. The van der Waals surface area contributed by atoms with Gasteiger partial charge in [-0.05, 0) is 19.1 Å². The average molecular weight is 432 g/mol. The molecular formula is C20H28N6O5. The monoisotopic (exact) mass is 432 g/mol. The first-order chi connectivity index (χ1) is 15.0. The van der Waals surface area contributed by atoms with Gasteiger partial charge in [-0.1, -0.05) is 0 Å². The Bertz CT molecular complexity index is 888. The van der Waals surface area contributed by atoms with Crippen LogP contribution in [0.15, 0.2) is 18.5 Å². The number of rotatable bonds is 9. The molecule has 2 aromatic rings. The van der Waals surface area contributed by atoms with Crippen molar-refractivity contribution in [3.05, 3.63) is 24.2 Å². The van der Waals surface area contributed by atoms with Crippen LogP contribution in [-0.2, 0) is 4.74 Å². The van der Waals surface area contributed by atoms with Crippen LogP contribution in [-0.4, -0.2) is 77.6 Å². The molecule has 0 aliphatic carbocycles. The number of methoxy groups -OCH3 is 2. The number of amides is 1. The lowest BCUT2D eigenvalue weighted by atomic mass is 10.1. The molecule has 31 heavy (non-hydrogen) atoms. The molecule has 1 saturated heterocycles. The van der Waals surface area contributed by atoms with Gasteiger partial charge in [-0.2, -0.15) is 4.98 Å². The van der Waals surface area contributed by atoms with Crippen molar-refractivity contribution in [3.8, 4) is 11.6 Å². The molecule has 0 saturated carbocycles. The Balaban J connectivity index is 1.69. The highest BCUT2D eigenvalue weighted by Gasteiger charge is 2.25. The number of anilines is 3. The third kappa shape index (κ3) is 5.85. The average Bonchev–Trinajstić information content (AvgIpc) is 2.76. The zero-order valence-corrected chi connectivity index (χ0v) is 17.9. The van der Waals surface area contributed by atoms with Crippen LogP contribution in [0.4, 0.5) is 22.1 Å². The number of pyridine rings is 1. The zero-order valence-electron chi connectivity index (χ0n) is 17.9. The molecule has 0 atom stereocenters. The standard InChI is InChI=1S/C20H28N6O5/c1-13-15(4-5-16(24-13)21-8-11-29-2)25-18-17(30-3)19(23-12-22-18)31-14-6-9-26(10-7-14)20(27)28/h4-5,12,14H,6-11H2,1-3H3,(H,21,24)(H,27,28)(H,22,23,25). The number of carboxylic acid groups (broad SMARTS) is 1. The fourth-order valence-electron chi connectivity index (χ4n) is 3.24. The topological polar surface area (TPSA) is 131 Å². The third-order valence-electron chi connectivity index (χ3n) is 4.92. The molecule has 0 unspecified atom stereocenters. The second-order valence-corrected chi connectivity index (χ2v) is 7.02. The first-order valence-corrected chi connectivity index (χ1v) is 10.0. The molecule has 3 rings (SSSR count). The number of ether oxygens (including phenoxy) is 3. The largest absolute Gasteiger partial charge is 0.489 e. The minimum atomic E-state index is -0.909. The Labute approximate surface area is 180 Å². The van der Waals surface area contributed by atoms with Gasteiger partial charge in [0.05, 0.1) is 25.1 Å². The van der Waals surface area contributed by atoms with Crippen LogP contribution in [0.3, 0.4) is 0 Å². The van der Waals surface area contributed by atoms with Gasteiger partial charge in [0.1, 0.15) is 18.2 Å². The van der Waals surface area contributed by atoms with Gasteiger partial charge in [0.2, 0.25) is 5.75 Å². The van der Waals surface area contributed by atoms with Crippen LogP contribution in [0.1, 0.15) is 18.5 Å². The Morgan fingerprint density at radius 3 is 2.68 bits per heavy atom. The fourth-order valence-corrected chi connectivity index (χ4v) is 3.24. The van der Waals surface area contributed by atoms with Crippen molar-refractivity contribution < 1.29 is 24.1 Å². The van der Waals surface area contributed by atoms with Gasteiger partial charge in [-0.3, -0.25) is 0 Å². The van der Waals surface area contributed by atoms with Crippen LogP contribution in [0.25, 0.3) is 0 Å². The van der Waals surface area contributed by atoms with Gasteiger partial charge >= 0.3 is 6.09 Å². The Morgan fingerprint density at radius 2 is 2.03 bits per heavy atom. The first-order valence-electron chi connectivity index (χ1n) is 10.0. The summed E-state index contributed by atoms with van der Waals surface area (Å²) < 4.78 is 16.6. The zero-order chi connectivity index (χ0) is 22.2.